The molecule has 0 amide bonds. The Morgan fingerprint density at radius 1 is 1.31 bits per heavy atom. The van der Waals surface area contributed by atoms with E-state index < -0.39 is 12.6 Å². The minimum atomic E-state index is -4.09. The van der Waals surface area contributed by atoms with E-state index in [-0.39, 0.29) is 13.0 Å². The van der Waals surface area contributed by atoms with Gasteiger partial charge < -0.3 is 10.5 Å². The molecule has 0 heterocycles. The fourth-order valence-electron chi connectivity index (χ4n) is 0.649. The minimum absolute atomic E-state index is 0.0131. The van der Waals surface area contributed by atoms with Gasteiger partial charge in [-0.25, -0.2) is 0 Å². The van der Waals surface area contributed by atoms with Crippen molar-refractivity contribution in [1.29, 1.82) is 0 Å². The molecule has 0 aromatic rings. The zero-order valence-corrected chi connectivity index (χ0v) is 7.88. The molecule has 0 bridgehead atoms. The van der Waals surface area contributed by atoms with Crippen LogP contribution in [0.1, 0.15) is 19.3 Å². The monoisotopic (exact) mass is 215 g/mol. The van der Waals surface area contributed by atoms with Crippen LogP contribution in [0.5, 0.6) is 0 Å². The van der Waals surface area contributed by atoms with Crippen LogP contribution in [0.4, 0.5) is 13.2 Å². The van der Waals surface area contributed by atoms with Crippen LogP contribution in [-0.2, 0) is 4.74 Å². The number of rotatable bonds is 6. The molecular weight excluding hydrogens is 203 g/mol. The zero-order chi connectivity index (χ0) is 10.3. The summed E-state index contributed by atoms with van der Waals surface area (Å²) in [6.07, 6.45) is -4.49. The summed E-state index contributed by atoms with van der Waals surface area (Å²) < 4.78 is 39.7. The fourth-order valence-corrected chi connectivity index (χ4v) is 0.733. The fraction of sp³-hybridized carbons (Fsp3) is 0.857. The van der Waals surface area contributed by atoms with Gasteiger partial charge in [-0.05, 0) is 6.42 Å². The summed E-state index contributed by atoms with van der Waals surface area (Å²) in [6, 6.07) is 0. The van der Waals surface area contributed by atoms with E-state index in [9.17, 15) is 13.2 Å². The van der Waals surface area contributed by atoms with Crippen molar-refractivity contribution in [3.8, 4) is 0 Å². The normalized spacial score (nSPS) is 11.6. The van der Waals surface area contributed by atoms with Gasteiger partial charge in [0.2, 0.25) is 0 Å². The van der Waals surface area contributed by atoms with Crippen molar-refractivity contribution in [2.24, 2.45) is 5.73 Å². The summed E-state index contributed by atoms with van der Waals surface area (Å²) in [6.45, 7) is 0.398. The molecule has 0 aromatic heterocycles. The van der Waals surface area contributed by atoms with Crippen LogP contribution >= 0.6 is 12.2 Å². The van der Waals surface area contributed by atoms with Gasteiger partial charge in [0.05, 0.1) is 11.6 Å². The van der Waals surface area contributed by atoms with E-state index in [0.29, 0.717) is 18.0 Å². The molecule has 0 aromatic carbocycles. The van der Waals surface area contributed by atoms with Crippen LogP contribution in [0.25, 0.3) is 0 Å². The molecule has 0 rings (SSSR count). The molecule has 0 radical (unpaired) electrons. The van der Waals surface area contributed by atoms with E-state index in [0.717, 1.165) is 0 Å². The highest BCUT2D eigenvalue weighted by Gasteiger charge is 2.25. The molecule has 0 atom stereocenters. The topological polar surface area (TPSA) is 35.2 Å². The van der Waals surface area contributed by atoms with Gasteiger partial charge in [0.15, 0.2) is 0 Å². The standard InChI is InChI=1S/C7H12F3NOS/c8-7(9,10)3-1-4-12-5-2-6(11)13/h1-5H2,(H2,11,13). The van der Waals surface area contributed by atoms with Crippen molar-refractivity contribution in [2.45, 2.75) is 25.4 Å². The molecule has 0 saturated carbocycles. The largest absolute Gasteiger partial charge is 0.393 e. The predicted octanol–water partition coefficient (Wildman–Crippen LogP) is 2.02. The molecule has 2 nitrogen and oxygen atoms in total. The van der Waals surface area contributed by atoms with Crippen LogP contribution in [0, 0.1) is 0 Å². The third-order valence-corrected chi connectivity index (χ3v) is 1.45. The summed E-state index contributed by atoms with van der Waals surface area (Å²) in [4.78, 5) is 0.316. The maximum absolute atomic E-state index is 11.6. The van der Waals surface area contributed by atoms with Crippen LogP contribution < -0.4 is 5.73 Å². The first-order valence-electron chi connectivity index (χ1n) is 3.84. The SMILES string of the molecule is NC(=S)CCOCCCC(F)(F)F. The van der Waals surface area contributed by atoms with Gasteiger partial charge in [-0.15, -0.1) is 0 Å². The van der Waals surface area contributed by atoms with Gasteiger partial charge in [-0.2, -0.15) is 13.2 Å². The zero-order valence-electron chi connectivity index (χ0n) is 7.06. The van der Waals surface area contributed by atoms with Gasteiger partial charge in [0.25, 0.3) is 0 Å². The molecule has 0 spiro atoms. The van der Waals surface area contributed by atoms with Crippen LogP contribution in [-0.4, -0.2) is 24.4 Å². The average molecular weight is 215 g/mol. The summed E-state index contributed by atoms with van der Waals surface area (Å²) in [5.41, 5.74) is 5.15. The van der Waals surface area contributed by atoms with E-state index >= 15 is 0 Å². The Labute approximate surface area is 80.2 Å². The highest BCUT2D eigenvalue weighted by molar-refractivity contribution is 7.80. The molecule has 78 valence electrons. The number of nitrogens with two attached hydrogens (primary N) is 1. The maximum atomic E-state index is 11.6. The second-order valence-corrected chi connectivity index (χ2v) is 3.07. The Morgan fingerprint density at radius 2 is 1.92 bits per heavy atom. The van der Waals surface area contributed by atoms with Crippen LogP contribution in [0.2, 0.25) is 0 Å². The Kier molecular flexibility index (Phi) is 5.98. The quantitative estimate of drug-likeness (QED) is 0.544. The smallest absolute Gasteiger partial charge is 0.389 e. The van der Waals surface area contributed by atoms with Crippen molar-refractivity contribution in [2.75, 3.05) is 13.2 Å². The van der Waals surface area contributed by atoms with Crippen molar-refractivity contribution < 1.29 is 17.9 Å². The molecule has 0 aliphatic heterocycles. The first kappa shape index (κ1) is 12.6. The van der Waals surface area contributed by atoms with Crippen molar-refractivity contribution in [3.63, 3.8) is 0 Å². The molecule has 13 heavy (non-hydrogen) atoms. The molecule has 0 aliphatic carbocycles. The molecule has 0 saturated heterocycles. The number of hydrogen-bond donors (Lipinski definition) is 1. The first-order chi connectivity index (χ1) is 5.92. The Bertz CT molecular complexity index is 160. The first-order valence-corrected chi connectivity index (χ1v) is 4.25. The van der Waals surface area contributed by atoms with Gasteiger partial charge in [0.1, 0.15) is 0 Å². The molecule has 6 heteroatoms. The molecular formula is C7H12F3NOS. The number of halogens is 3. The van der Waals surface area contributed by atoms with E-state index in [4.69, 9.17) is 10.5 Å². The second-order valence-electron chi connectivity index (χ2n) is 2.55. The summed E-state index contributed by atoms with van der Waals surface area (Å²) in [5, 5.41) is 0. The van der Waals surface area contributed by atoms with Gasteiger partial charge >= 0.3 is 6.18 Å². The van der Waals surface area contributed by atoms with Gasteiger partial charge in [0, 0.05) is 19.4 Å². The van der Waals surface area contributed by atoms with Gasteiger partial charge in [-0.3, -0.25) is 0 Å². The predicted molar refractivity (Wildman–Crippen MR) is 47.5 cm³/mol. The minimum Gasteiger partial charge on any atom is -0.393 e. The maximum Gasteiger partial charge on any atom is 0.389 e. The Balaban J connectivity index is 3.13. The molecule has 0 unspecified atom stereocenters. The third-order valence-electron chi connectivity index (χ3n) is 1.24. The van der Waals surface area contributed by atoms with Crippen LogP contribution in [0.15, 0.2) is 0 Å². The highest BCUT2D eigenvalue weighted by Crippen LogP contribution is 2.20. The van der Waals surface area contributed by atoms with Crippen LogP contribution in [0.3, 0.4) is 0 Å². The lowest BCUT2D eigenvalue weighted by Crippen LogP contribution is -2.13. The second kappa shape index (κ2) is 6.15. The van der Waals surface area contributed by atoms with E-state index in [1.54, 1.807) is 0 Å². The highest BCUT2D eigenvalue weighted by atomic mass is 32.1. The molecule has 0 aliphatic rings. The Hall–Kier alpha value is -0.360. The summed E-state index contributed by atoms with van der Waals surface area (Å²) >= 11 is 4.55. The molecule has 2 N–H and O–H groups in total. The third kappa shape index (κ3) is 11.6. The van der Waals surface area contributed by atoms with Crippen molar-refractivity contribution >= 4 is 17.2 Å². The summed E-state index contributed by atoms with van der Waals surface area (Å²) in [7, 11) is 0. The van der Waals surface area contributed by atoms with E-state index in [2.05, 4.69) is 12.2 Å². The van der Waals surface area contributed by atoms with E-state index in [1.165, 1.54) is 0 Å². The van der Waals surface area contributed by atoms with E-state index in [1.807, 2.05) is 0 Å². The Morgan fingerprint density at radius 3 is 2.38 bits per heavy atom. The van der Waals surface area contributed by atoms with Crippen molar-refractivity contribution in [3.05, 3.63) is 0 Å². The number of hydrogen-bond acceptors (Lipinski definition) is 2. The number of thiocarbonyl (C=S) groups is 1. The lowest BCUT2D eigenvalue weighted by molar-refractivity contribution is -0.137. The molecule has 0 fully saturated rings. The number of ether oxygens (including phenoxy) is 1. The van der Waals surface area contributed by atoms with Gasteiger partial charge in [-0.1, -0.05) is 12.2 Å². The number of alkyl halides is 3. The lowest BCUT2D eigenvalue weighted by Gasteiger charge is -2.06. The summed E-state index contributed by atoms with van der Waals surface area (Å²) in [5.74, 6) is 0. The van der Waals surface area contributed by atoms with Crippen molar-refractivity contribution in [1.82, 2.24) is 0 Å². The average Bonchev–Trinajstić information content (AvgIpc) is 1.93. The lowest BCUT2D eigenvalue weighted by atomic mass is 10.3.